The van der Waals surface area contributed by atoms with Crippen LogP contribution >= 0.6 is 7.14 Å². The molecule has 0 aliphatic carbocycles. The van der Waals surface area contributed by atoms with E-state index in [0.717, 1.165) is 41.2 Å². The summed E-state index contributed by atoms with van der Waals surface area (Å²) in [6.45, 7) is 12.4. The molecular formula is C36H45N10O3PSi. The van der Waals surface area contributed by atoms with Crippen LogP contribution in [0.4, 0.5) is 28.8 Å². The number of benzene rings is 2. The van der Waals surface area contributed by atoms with Gasteiger partial charge in [0.05, 0.1) is 40.9 Å². The third-order valence-electron chi connectivity index (χ3n) is 9.26. The molecule has 5 heterocycles. The number of likely N-dealkylation sites (N-methyl/N-ethyl adjacent to an activating group) is 1. The molecule has 6 aromatic rings. The van der Waals surface area contributed by atoms with E-state index in [9.17, 15) is 4.57 Å². The lowest BCUT2D eigenvalue weighted by Crippen LogP contribution is -2.22. The first-order valence-corrected chi connectivity index (χ1v) is 23.3. The fourth-order valence-corrected chi connectivity index (χ4v) is 8.67. The van der Waals surface area contributed by atoms with Crippen molar-refractivity contribution < 1.29 is 14.0 Å². The Morgan fingerprint density at radius 1 is 0.980 bits per heavy atom. The smallest absolute Gasteiger partial charge is 0.231 e. The zero-order chi connectivity index (χ0) is 36.1. The Morgan fingerprint density at radius 2 is 1.78 bits per heavy atom. The van der Waals surface area contributed by atoms with Gasteiger partial charge >= 0.3 is 0 Å². The summed E-state index contributed by atoms with van der Waals surface area (Å²) >= 11 is 0. The fourth-order valence-electron chi connectivity index (χ4n) is 6.52. The summed E-state index contributed by atoms with van der Waals surface area (Å²) in [4.78, 5) is 21.3. The van der Waals surface area contributed by atoms with Gasteiger partial charge in [0.1, 0.15) is 36.6 Å². The summed E-state index contributed by atoms with van der Waals surface area (Å²) in [6.07, 6.45) is 8.02. The summed E-state index contributed by atoms with van der Waals surface area (Å²) in [5.74, 6) is 1.56. The van der Waals surface area contributed by atoms with Gasteiger partial charge in [0.2, 0.25) is 5.95 Å². The second-order valence-electron chi connectivity index (χ2n) is 14.6. The van der Waals surface area contributed by atoms with E-state index in [-0.39, 0.29) is 0 Å². The van der Waals surface area contributed by atoms with Gasteiger partial charge in [-0.2, -0.15) is 15.1 Å². The molecule has 1 aliphatic heterocycles. The van der Waals surface area contributed by atoms with E-state index in [1.165, 1.54) is 5.69 Å². The maximum Gasteiger partial charge on any atom is 0.231 e. The van der Waals surface area contributed by atoms with E-state index in [1.807, 2.05) is 46.9 Å². The number of hydrogen-bond acceptors (Lipinski definition) is 11. The molecule has 2 N–H and O–H groups in total. The summed E-state index contributed by atoms with van der Waals surface area (Å²) in [6, 6.07) is 10.9. The van der Waals surface area contributed by atoms with Gasteiger partial charge in [-0.25, -0.2) is 0 Å². The van der Waals surface area contributed by atoms with Crippen LogP contribution in [0.2, 0.25) is 25.7 Å². The first-order chi connectivity index (χ1) is 24.3. The predicted molar refractivity (Wildman–Crippen MR) is 209 cm³/mol. The van der Waals surface area contributed by atoms with Crippen LogP contribution in [0.5, 0.6) is 5.75 Å². The molecular weight excluding hydrogens is 680 g/mol. The van der Waals surface area contributed by atoms with E-state index in [0.29, 0.717) is 64.2 Å². The lowest BCUT2D eigenvalue weighted by molar-refractivity contribution is 0.0899. The lowest BCUT2D eigenvalue weighted by atomic mass is 10.0. The minimum atomic E-state index is -2.82. The number of nitrogens with one attached hydrogen (secondary N) is 2. The molecule has 7 rings (SSSR count). The molecule has 0 amide bonds. The Morgan fingerprint density at radius 3 is 2.55 bits per heavy atom. The molecule has 0 radical (unpaired) electrons. The maximum atomic E-state index is 13.8. The minimum absolute atomic E-state index is 0.345. The van der Waals surface area contributed by atoms with Crippen LogP contribution in [0.1, 0.15) is 5.69 Å². The number of aromatic nitrogens is 7. The maximum absolute atomic E-state index is 13.8. The fraction of sp³-hybridized carbons (Fsp3) is 0.361. The van der Waals surface area contributed by atoms with Crippen molar-refractivity contribution in [3.63, 3.8) is 0 Å². The Labute approximate surface area is 298 Å². The SMILES string of the molecule is COc1cc2c(cc1Nc1nc(Nc3ccc4nccnc4c3P(C)(C)=O)c3ccn(COCC[Si](C)(C)C)c3n1)-c1cnn(C)c1CCN2C. The molecule has 0 bridgehead atoms. The van der Waals surface area contributed by atoms with Gasteiger partial charge in [0.25, 0.3) is 0 Å². The van der Waals surface area contributed by atoms with Crippen molar-refractivity contribution in [2.45, 2.75) is 38.8 Å². The van der Waals surface area contributed by atoms with Gasteiger partial charge in [0, 0.05) is 88.9 Å². The number of nitrogens with zero attached hydrogens (tertiary/aromatic N) is 8. The summed E-state index contributed by atoms with van der Waals surface area (Å²) < 4.78 is 29.8. The van der Waals surface area contributed by atoms with Crippen LogP contribution in [-0.4, -0.2) is 83.0 Å². The lowest BCUT2D eigenvalue weighted by Gasteiger charge is -2.22. The largest absolute Gasteiger partial charge is 0.494 e. The molecule has 0 saturated heterocycles. The normalized spacial score (nSPS) is 13.3. The molecule has 13 nitrogen and oxygen atoms in total. The van der Waals surface area contributed by atoms with Crippen molar-refractivity contribution >= 4 is 71.4 Å². The average Bonchev–Trinajstić information content (AvgIpc) is 3.63. The Hall–Kier alpha value is -4.78. The van der Waals surface area contributed by atoms with Crippen molar-refractivity contribution in [1.82, 2.24) is 34.3 Å². The highest BCUT2D eigenvalue weighted by Crippen LogP contribution is 2.44. The Balaban J connectivity index is 1.34. The average molecular weight is 725 g/mol. The third-order valence-corrected chi connectivity index (χ3v) is 12.5. The summed E-state index contributed by atoms with van der Waals surface area (Å²) in [5.41, 5.74) is 7.68. The number of rotatable bonds is 11. The number of hydrogen-bond donors (Lipinski definition) is 2. The van der Waals surface area contributed by atoms with Gasteiger partial charge in [-0.3, -0.25) is 14.6 Å². The van der Waals surface area contributed by atoms with Gasteiger partial charge in [-0.15, -0.1) is 0 Å². The number of methoxy groups -OCH3 is 1. The second-order valence-corrected chi connectivity index (χ2v) is 23.4. The second kappa shape index (κ2) is 13.4. The molecule has 1 aliphatic rings. The first-order valence-electron chi connectivity index (χ1n) is 17.0. The Kier molecular flexibility index (Phi) is 9.11. The number of fused-ring (bicyclic) bond motifs is 5. The van der Waals surface area contributed by atoms with E-state index >= 15 is 0 Å². The minimum Gasteiger partial charge on any atom is -0.494 e. The van der Waals surface area contributed by atoms with Crippen LogP contribution in [0.3, 0.4) is 0 Å². The van der Waals surface area contributed by atoms with Crippen LogP contribution in [-0.2, 0) is 29.5 Å². The molecule has 0 spiro atoms. The highest BCUT2D eigenvalue weighted by Gasteiger charge is 2.25. The standard InChI is InChI=1S/C36H45N10O3PSi/c1-44-15-12-29-25(21-39-45(29)2)24-19-28(31(48-3)20-30(24)44)41-36-42-34(23-11-16-46(35(23)43-36)22-49-17-18-51(6,7)8)40-27-10-9-26-32(38-14-13-37-26)33(27)50(4,5)47/h9-11,13-14,16,19-21H,12,15,17-18,22H2,1-8H3,(H2,40,41,42,43). The van der Waals surface area contributed by atoms with E-state index in [2.05, 4.69) is 69.4 Å². The zero-order valence-corrected chi connectivity index (χ0v) is 32.4. The van der Waals surface area contributed by atoms with Crippen LogP contribution in [0.15, 0.2) is 55.1 Å². The van der Waals surface area contributed by atoms with Crippen LogP contribution in [0, 0.1) is 0 Å². The van der Waals surface area contributed by atoms with Crippen LogP contribution < -0.4 is 25.6 Å². The monoisotopic (exact) mass is 724 g/mol. The van der Waals surface area contributed by atoms with E-state index in [4.69, 9.17) is 19.4 Å². The quantitative estimate of drug-likeness (QED) is 0.0827. The highest BCUT2D eigenvalue weighted by atomic mass is 31.2. The molecule has 266 valence electrons. The number of anilines is 5. The zero-order valence-electron chi connectivity index (χ0n) is 30.5. The van der Waals surface area contributed by atoms with Gasteiger partial charge < -0.3 is 34.1 Å². The van der Waals surface area contributed by atoms with Gasteiger partial charge in [0.15, 0.2) is 0 Å². The number of ether oxygens (including phenoxy) is 2. The van der Waals surface area contributed by atoms with Crippen molar-refractivity contribution in [1.29, 1.82) is 0 Å². The van der Waals surface area contributed by atoms with E-state index in [1.54, 1.807) is 32.8 Å². The first kappa shape index (κ1) is 34.7. The molecule has 2 aromatic carbocycles. The van der Waals surface area contributed by atoms with Crippen molar-refractivity contribution in [2.24, 2.45) is 7.05 Å². The predicted octanol–water partition coefficient (Wildman–Crippen LogP) is 6.82. The van der Waals surface area contributed by atoms with Crippen LogP contribution in [0.25, 0.3) is 33.2 Å². The molecule has 51 heavy (non-hydrogen) atoms. The van der Waals surface area contributed by atoms with Crippen molar-refractivity contribution in [3.8, 4) is 16.9 Å². The molecule has 15 heteroatoms. The molecule has 0 unspecified atom stereocenters. The molecule has 4 aromatic heterocycles. The Bertz CT molecular complexity index is 2310. The van der Waals surface area contributed by atoms with E-state index < -0.39 is 15.2 Å². The molecule has 0 atom stereocenters. The summed E-state index contributed by atoms with van der Waals surface area (Å²) in [5, 5.41) is 13.0. The van der Waals surface area contributed by atoms with Crippen molar-refractivity contribution in [2.75, 3.05) is 56.2 Å². The third kappa shape index (κ3) is 6.95. The summed E-state index contributed by atoms with van der Waals surface area (Å²) in [7, 11) is 1.66. The van der Waals surface area contributed by atoms with Gasteiger partial charge in [-0.05, 0) is 43.6 Å². The molecule has 0 saturated carbocycles. The topological polar surface area (TPSA) is 137 Å². The van der Waals surface area contributed by atoms with Crippen molar-refractivity contribution in [3.05, 3.63) is 60.8 Å². The van der Waals surface area contributed by atoms with Gasteiger partial charge in [-0.1, -0.05) is 19.6 Å². The molecule has 0 fully saturated rings. The highest BCUT2D eigenvalue weighted by molar-refractivity contribution is 7.71. The number of aryl methyl sites for hydroxylation is 1.